The topological polar surface area (TPSA) is 67.6 Å². The van der Waals surface area contributed by atoms with Gasteiger partial charge in [-0.15, -0.1) is 0 Å². The van der Waals surface area contributed by atoms with Gasteiger partial charge in [-0.1, -0.05) is 6.07 Å². The van der Waals surface area contributed by atoms with Crippen LogP contribution in [0.3, 0.4) is 0 Å². The van der Waals surface area contributed by atoms with Crippen molar-refractivity contribution in [2.45, 2.75) is 19.9 Å². The minimum Gasteiger partial charge on any atom is -0.383 e. The van der Waals surface area contributed by atoms with Gasteiger partial charge in [0.25, 0.3) is 0 Å². The van der Waals surface area contributed by atoms with E-state index in [0.29, 0.717) is 24.5 Å². The van der Waals surface area contributed by atoms with E-state index in [0.717, 1.165) is 0 Å². The van der Waals surface area contributed by atoms with Gasteiger partial charge < -0.3 is 15.0 Å². The Morgan fingerprint density at radius 3 is 2.63 bits per heavy atom. The average Bonchev–Trinajstić information content (AvgIpc) is 2.38. The molecule has 6 nitrogen and oxygen atoms in total. The van der Waals surface area contributed by atoms with Crippen molar-refractivity contribution in [3.63, 3.8) is 0 Å². The van der Waals surface area contributed by atoms with Gasteiger partial charge in [-0.3, -0.25) is 10.1 Å². The zero-order valence-electron chi connectivity index (χ0n) is 11.8. The van der Waals surface area contributed by atoms with Crippen molar-refractivity contribution in [2.75, 3.05) is 37.5 Å². The lowest BCUT2D eigenvalue weighted by molar-refractivity contribution is -0.383. The van der Waals surface area contributed by atoms with Crippen molar-refractivity contribution >= 4 is 17.1 Å². The Balaban J connectivity index is 3.25. The Labute approximate surface area is 113 Å². The van der Waals surface area contributed by atoms with Gasteiger partial charge in [-0.2, -0.15) is 0 Å². The molecule has 0 unspecified atom stereocenters. The number of nitro groups is 1. The highest BCUT2D eigenvalue weighted by atomic mass is 16.6. The molecule has 19 heavy (non-hydrogen) atoms. The maximum atomic E-state index is 11.3. The lowest BCUT2D eigenvalue weighted by Gasteiger charge is -2.28. The third-order valence-electron chi connectivity index (χ3n) is 2.94. The molecular weight excluding hydrogens is 246 g/mol. The molecule has 0 aliphatic carbocycles. The monoisotopic (exact) mass is 267 g/mol. The second-order valence-corrected chi connectivity index (χ2v) is 4.46. The number of para-hydroxylation sites is 1. The number of nitrogens with one attached hydrogen (secondary N) is 1. The minimum atomic E-state index is -0.344. The molecule has 1 aromatic rings. The first-order valence-electron chi connectivity index (χ1n) is 6.23. The summed E-state index contributed by atoms with van der Waals surface area (Å²) in [6.45, 7) is 5.15. The van der Waals surface area contributed by atoms with E-state index in [4.69, 9.17) is 4.74 Å². The molecule has 0 saturated heterocycles. The molecule has 0 aromatic heterocycles. The van der Waals surface area contributed by atoms with Crippen molar-refractivity contribution in [1.82, 2.24) is 0 Å². The summed E-state index contributed by atoms with van der Waals surface area (Å²) in [7, 11) is 3.30. The molecule has 0 fully saturated rings. The molecule has 0 radical (unpaired) electrons. The van der Waals surface area contributed by atoms with Gasteiger partial charge in [0, 0.05) is 26.7 Å². The number of nitrogens with zero attached hydrogens (tertiary/aromatic N) is 2. The van der Waals surface area contributed by atoms with E-state index in [9.17, 15) is 10.1 Å². The highest BCUT2D eigenvalue weighted by Crippen LogP contribution is 2.35. The summed E-state index contributed by atoms with van der Waals surface area (Å²) < 4.78 is 5.07. The van der Waals surface area contributed by atoms with Crippen molar-refractivity contribution < 1.29 is 9.66 Å². The van der Waals surface area contributed by atoms with Gasteiger partial charge in [0.05, 0.1) is 11.5 Å². The third-order valence-corrected chi connectivity index (χ3v) is 2.94. The molecule has 1 N–H and O–H groups in total. The second-order valence-electron chi connectivity index (χ2n) is 4.46. The van der Waals surface area contributed by atoms with Crippen LogP contribution in [-0.4, -0.2) is 38.3 Å². The lowest BCUT2D eigenvalue weighted by atomic mass is 10.1. The molecule has 0 saturated carbocycles. The van der Waals surface area contributed by atoms with E-state index in [-0.39, 0.29) is 16.7 Å². The van der Waals surface area contributed by atoms with E-state index in [1.54, 1.807) is 26.3 Å². The fraction of sp³-hybridized carbons (Fsp3) is 0.538. The summed E-state index contributed by atoms with van der Waals surface area (Å²) >= 11 is 0. The number of hydrogen-bond acceptors (Lipinski definition) is 5. The van der Waals surface area contributed by atoms with Crippen LogP contribution in [0.4, 0.5) is 17.1 Å². The average molecular weight is 267 g/mol. The predicted molar refractivity (Wildman–Crippen MR) is 77.0 cm³/mol. The van der Waals surface area contributed by atoms with Crippen LogP contribution >= 0.6 is 0 Å². The maximum absolute atomic E-state index is 11.3. The van der Waals surface area contributed by atoms with Crippen LogP contribution in [0.2, 0.25) is 0 Å². The van der Waals surface area contributed by atoms with Gasteiger partial charge in [0.2, 0.25) is 0 Å². The first kappa shape index (κ1) is 15.2. The summed E-state index contributed by atoms with van der Waals surface area (Å²) in [5.41, 5.74) is 1.24. The van der Waals surface area contributed by atoms with Crippen LogP contribution in [0.1, 0.15) is 13.8 Å². The predicted octanol–water partition coefficient (Wildman–Crippen LogP) is 2.50. The lowest BCUT2D eigenvalue weighted by Crippen LogP contribution is -2.34. The Kier molecular flexibility index (Phi) is 5.57. The molecule has 0 amide bonds. The van der Waals surface area contributed by atoms with Gasteiger partial charge in [-0.25, -0.2) is 0 Å². The fourth-order valence-electron chi connectivity index (χ4n) is 2.00. The largest absolute Gasteiger partial charge is 0.383 e. The molecule has 0 aliphatic heterocycles. The van der Waals surface area contributed by atoms with E-state index < -0.39 is 0 Å². The molecule has 0 aliphatic rings. The molecule has 106 valence electrons. The van der Waals surface area contributed by atoms with Crippen LogP contribution in [0, 0.1) is 10.1 Å². The van der Waals surface area contributed by atoms with Gasteiger partial charge in [-0.05, 0) is 26.0 Å². The smallest absolute Gasteiger partial charge is 0.315 e. The van der Waals surface area contributed by atoms with E-state index in [2.05, 4.69) is 5.32 Å². The number of ether oxygens (including phenoxy) is 1. The molecule has 0 spiro atoms. The Morgan fingerprint density at radius 1 is 1.47 bits per heavy atom. The molecule has 1 aromatic carbocycles. The summed E-state index contributed by atoms with van der Waals surface area (Å²) in [5.74, 6) is 0. The first-order chi connectivity index (χ1) is 9.02. The first-order valence-corrected chi connectivity index (χ1v) is 6.23. The molecule has 1 rings (SSSR count). The number of benzene rings is 1. The highest BCUT2D eigenvalue weighted by Gasteiger charge is 2.24. The van der Waals surface area contributed by atoms with E-state index >= 15 is 0 Å². The normalized spacial score (nSPS) is 10.6. The third kappa shape index (κ3) is 3.57. The van der Waals surface area contributed by atoms with Crippen molar-refractivity contribution in [3.8, 4) is 0 Å². The maximum Gasteiger partial charge on any atom is 0.315 e. The molecule has 0 heterocycles. The number of anilines is 2. The van der Waals surface area contributed by atoms with Crippen LogP contribution in [0.15, 0.2) is 18.2 Å². The van der Waals surface area contributed by atoms with Crippen LogP contribution in [-0.2, 0) is 4.74 Å². The zero-order chi connectivity index (χ0) is 14.4. The molecule has 6 heteroatoms. The Morgan fingerprint density at radius 2 is 2.16 bits per heavy atom. The van der Waals surface area contributed by atoms with Crippen LogP contribution < -0.4 is 10.2 Å². The minimum absolute atomic E-state index is 0.106. The Hall–Kier alpha value is -1.82. The standard InChI is InChI=1S/C13H21N3O3/c1-10(2)15(8-9-19-4)12-7-5-6-11(14-3)13(12)16(17)18/h5-7,10,14H,8-9H2,1-4H3. The van der Waals surface area contributed by atoms with Crippen molar-refractivity contribution in [1.29, 1.82) is 0 Å². The number of hydrogen-bond donors (Lipinski definition) is 1. The van der Waals surface area contributed by atoms with Gasteiger partial charge in [0.15, 0.2) is 0 Å². The summed E-state index contributed by atoms with van der Waals surface area (Å²) in [5, 5.41) is 14.2. The second kappa shape index (κ2) is 6.94. The fourth-order valence-corrected chi connectivity index (χ4v) is 2.00. The van der Waals surface area contributed by atoms with E-state index in [1.165, 1.54) is 0 Å². The SMILES string of the molecule is CNc1cccc(N(CCOC)C(C)C)c1[N+](=O)[O-]. The molecule has 0 bridgehead atoms. The molecular formula is C13H21N3O3. The Bertz CT molecular complexity index is 435. The van der Waals surface area contributed by atoms with Crippen LogP contribution in [0.5, 0.6) is 0 Å². The summed E-state index contributed by atoms with van der Waals surface area (Å²) in [4.78, 5) is 12.9. The number of rotatable bonds is 7. The van der Waals surface area contributed by atoms with Gasteiger partial charge >= 0.3 is 5.69 Å². The van der Waals surface area contributed by atoms with Gasteiger partial charge in [0.1, 0.15) is 11.4 Å². The number of nitro benzene ring substituents is 1. The number of methoxy groups -OCH3 is 1. The summed E-state index contributed by atoms with van der Waals surface area (Å²) in [6, 6.07) is 5.45. The quantitative estimate of drug-likeness (QED) is 0.607. The van der Waals surface area contributed by atoms with E-state index in [1.807, 2.05) is 24.8 Å². The van der Waals surface area contributed by atoms with Crippen LogP contribution in [0.25, 0.3) is 0 Å². The zero-order valence-corrected chi connectivity index (χ0v) is 11.8. The van der Waals surface area contributed by atoms with Crippen molar-refractivity contribution in [3.05, 3.63) is 28.3 Å². The highest BCUT2D eigenvalue weighted by molar-refractivity contribution is 5.77. The van der Waals surface area contributed by atoms with Crippen molar-refractivity contribution in [2.24, 2.45) is 0 Å². The molecule has 0 atom stereocenters. The summed E-state index contributed by atoms with van der Waals surface area (Å²) in [6.07, 6.45) is 0.